The van der Waals surface area contributed by atoms with E-state index in [1.165, 1.54) is 28.6 Å². The molecule has 0 aliphatic carbocycles. The molecule has 1 amide bonds. The number of anilines is 1. The van der Waals surface area contributed by atoms with Gasteiger partial charge in [0.05, 0.1) is 11.3 Å². The SMILES string of the molecule is O=C(O)c1ccc(NC(=O)C2CCN(S(=O)(=O)Cc3cccc(Cl)c3)CC2)cc1. The van der Waals surface area contributed by atoms with Crippen LogP contribution < -0.4 is 5.32 Å². The number of aromatic carboxylic acids is 1. The summed E-state index contributed by atoms with van der Waals surface area (Å²) < 4.78 is 26.7. The van der Waals surface area contributed by atoms with Crippen LogP contribution in [-0.4, -0.2) is 42.8 Å². The second-order valence-electron chi connectivity index (χ2n) is 6.93. The van der Waals surface area contributed by atoms with Crippen molar-refractivity contribution in [3.05, 3.63) is 64.7 Å². The van der Waals surface area contributed by atoms with Crippen molar-refractivity contribution >= 4 is 39.2 Å². The monoisotopic (exact) mass is 436 g/mol. The molecule has 7 nitrogen and oxygen atoms in total. The Hall–Kier alpha value is -2.42. The lowest BCUT2D eigenvalue weighted by atomic mass is 9.97. The number of hydrogen-bond acceptors (Lipinski definition) is 4. The number of sulfonamides is 1. The van der Waals surface area contributed by atoms with E-state index in [-0.39, 0.29) is 36.2 Å². The van der Waals surface area contributed by atoms with Crippen molar-refractivity contribution in [1.29, 1.82) is 0 Å². The van der Waals surface area contributed by atoms with Gasteiger partial charge < -0.3 is 10.4 Å². The van der Waals surface area contributed by atoms with Crippen LogP contribution in [0.3, 0.4) is 0 Å². The van der Waals surface area contributed by atoms with Gasteiger partial charge in [0.25, 0.3) is 0 Å². The molecule has 1 fully saturated rings. The average molecular weight is 437 g/mol. The van der Waals surface area contributed by atoms with E-state index in [4.69, 9.17) is 16.7 Å². The van der Waals surface area contributed by atoms with Crippen molar-refractivity contribution in [2.24, 2.45) is 5.92 Å². The summed E-state index contributed by atoms with van der Waals surface area (Å²) >= 11 is 5.92. The fourth-order valence-electron chi connectivity index (χ4n) is 3.27. The number of hydrogen-bond donors (Lipinski definition) is 2. The number of nitrogens with one attached hydrogen (secondary N) is 1. The third-order valence-electron chi connectivity index (χ3n) is 4.86. The van der Waals surface area contributed by atoms with Crippen LogP contribution in [0.2, 0.25) is 5.02 Å². The molecule has 1 aliphatic rings. The number of piperidine rings is 1. The Labute approximate surface area is 174 Å². The molecule has 0 unspecified atom stereocenters. The molecule has 0 saturated carbocycles. The Morgan fingerprint density at radius 3 is 2.34 bits per heavy atom. The molecule has 29 heavy (non-hydrogen) atoms. The van der Waals surface area contributed by atoms with Crippen molar-refractivity contribution in [2.75, 3.05) is 18.4 Å². The summed E-state index contributed by atoms with van der Waals surface area (Å²) in [7, 11) is -3.49. The van der Waals surface area contributed by atoms with E-state index in [9.17, 15) is 18.0 Å². The van der Waals surface area contributed by atoms with Crippen molar-refractivity contribution < 1.29 is 23.1 Å². The van der Waals surface area contributed by atoms with E-state index in [1.54, 1.807) is 24.3 Å². The maximum absolute atomic E-state index is 12.7. The maximum atomic E-state index is 12.7. The number of carbonyl (C=O) groups excluding carboxylic acids is 1. The van der Waals surface area contributed by atoms with Gasteiger partial charge in [-0.25, -0.2) is 17.5 Å². The summed E-state index contributed by atoms with van der Waals surface area (Å²) in [6.45, 7) is 0.553. The highest BCUT2D eigenvalue weighted by Crippen LogP contribution is 2.24. The topological polar surface area (TPSA) is 104 Å². The summed E-state index contributed by atoms with van der Waals surface area (Å²) in [5, 5.41) is 12.2. The largest absolute Gasteiger partial charge is 0.478 e. The Kier molecular flexibility index (Phi) is 6.56. The van der Waals surface area contributed by atoms with E-state index in [1.807, 2.05) is 0 Å². The number of benzene rings is 2. The number of halogens is 1. The first kappa shape index (κ1) is 21.3. The predicted octanol–water partition coefficient (Wildman–Crippen LogP) is 3.22. The molecule has 0 atom stereocenters. The standard InChI is InChI=1S/C20H21ClN2O5S/c21-17-3-1-2-14(12-17)13-29(27,28)23-10-8-15(9-11-23)19(24)22-18-6-4-16(5-7-18)20(25)26/h1-7,12,15H,8-11,13H2,(H,22,24)(H,25,26). The van der Waals surface area contributed by atoms with E-state index in [0.29, 0.717) is 29.1 Å². The van der Waals surface area contributed by atoms with Crippen LogP contribution in [0.15, 0.2) is 48.5 Å². The zero-order valence-corrected chi connectivity index (χ0v) is 17.1. The van der Waals surface area contributed by atoms with E-state index < -0.39 is 16.0 Å². The summed E-state index contributed by atoms with van der Waals surface area (Å²) in [5.41, 5.74) is 1.28. The first-order valence-electron chi connectivity index (χ1n) is 9.11. The van der Waals surface area contributed by atoms with Gasteiger partial charge in [0.15, 0.2) is 0 Å². The zero-order chi connectivity index (χ0) is 21.0. The third-order valence-corrected chi connectivity index (χ3v) is 6.94. The third kappa shape index (κ3) is 5.56. The minimum Gasteiger partial charge on any atom is -0.478 e. The molecular formula is C20H21ClN2O5S. The fourth-order valence-corrected chi connectivity index (χ4v) is 5.03. The maximum Gasteiger partial charge on any atom is 0.335 e. The minimum atomic E-state index is -3.49. The summed E-state index contributed by atoms with van der Waals surface area (Å²) in [4.78, 5) is 23.3. The van der Waals surface area contributed by atoms with E-state index >= 15 is 0 Å². The number of carboxylic acids is 1. The number of carboxylic acid groups (broad SMARTS) is 1. The Morgan fingerprint density at radius 1 is 1.10 bits per heavy atom. The highest BCUT2D eigenvalue weighted by atomic mass is 35.5. The summed E-state index contributed by atoms with van der Waals surface area (Å²) in [6, 6.07) is 12.7. The molecular weight excluding hydrogens is 416 g/mol. The van der Waals surface area contributed by atoms with Gasteiger partial charge in [-0.1, -0.05) is 23.7 Å². The van der Waals surface area contributed by atoms with Gasteiger partial charge in [-0.05, 0) is 54.8 Å². The lowest BCUT2D eigenvalue weighted by Crippen LogP contribution is -2.41. The molecule has 0 spiro atoms. The first-order chi connectivity index (χ1) is 13.7. The summed E-state index contributed by atoms with van der Waals surface area (Å²) in [6.07, 6.45) is 0.849. The van der Waals surface area contributed by atoms with Crippen LogP contribution in [0.4, 0.5) is 5.69 Å². The molecule has 1 aliphatic heterocycles. The van der Waals surface area contributed by atoms with Gasteiger partial charge in [-0.2, -0.15) is 0 Å². The van der Waals surface area contributed by atoms with Crippen LogP contribution >= 0.6 is 11.6 Å². The number of amides is 1. The van der Waals surface area contributed by atoms with Crippen LogP contribution in [0.25, 0.3) is 0 Å². The van der Waals surface area contributed by atoms with Gasteiger partial charge in [0.2, 0.25) is 15.9 Å². The second-order valence-corrected chi connectivity index (χ2v) is 9.34. The smallest absolute Gasteiger partial charge is 0.335 e. The number of carbonyl (C=O) groups is 2. The van der Waals surface area contributed by atoms with E-state index in [0.717, 1.165) is 0 Å². The first-order valence-corrected chi connectivity index (χ1v) is 11.1. The molecule has 1 heterocycles. The molecule has 2 N–H and O–H groups in total. The zero-order valence-electron chi connectivity index (χ0n) is 15.5. The lowest BCUT2D eigenvalue weighted by Gasteiger charge is -2.30. The molecule has 0 aromatic heterocycles. The second kappa shape index (κ2) is 8.94. The van der Waals surface area contributed by atoms with Gasteiger partial charge in [0, 0.05) is 29.7 Å². The number of nitrogens with zero attached hydrogens (tertiary/aromatic N) is 1. The van der Waals surface area contributed by atoms with Gasteiger partial charge in [-0.3, -0.25) is 4.79 Å². The average Bonchev–Trinajstić information content (AvgIpc) is 2.68. The van der Waals surface area contributed by atoms with Crippen LogP contribution in [-0.2, 0) is 20.6 Å². The van der Waals surface area contributed by atoms with Crippen molar-refractivity contribution in [3.63, 3.8) is 0 Å². The highest BCUT2D eigenvalue weighted by Gasteiger charge is 2.31. The molecule has 3 rings (SSSR count). The fraction of sp³-hybridized carbons (Fsp3) is 0.300. The van der Waals surface area contributed by atoms with Crippen molar-refractivity contribution in [1.82, 2.24) is 4.31 Å². The molecule has 2 aromatic carbocycles. The highest BCUT2D eigenvalue weighted by molar-refractivity contribution is 7.88. The molecule has 1 saturated heterocycles. The van der Waals surface area contributed by atoms with Crippen LogP contribution in [0, 0.1) is 5.92 Å². The van der Waals surface area contributed by atoms with Gasteiger partial charge in [-0.15, -0.1) is 0 Å². The van der Waals surface area contributed by atoms with Gasteiger partial charge >= 0.3 is 5.97 Å². The lowest BCUT2D eigenvalue weighted by molar-refractivity contribution is -0.120. The van der Waals surface area contributed by atoms with Crippen molar-refractivity contribution in [3.8, 4) is 0 Å². The quantitative estimate of drug-likeness (QED) is 0.723. The van der Waals surface area contributed by atoms with Gasteiger partial charge in [0.1, 0.15) is 0 Å². The molecule has 0 radical (unpaired) electrons. The minimum absolute atomic E-state index is 0.125. The Balaban J connectivity index is 1.55. The number of rotatable bonds is 6. The van der Waals surface area contributed by atoms with Crippen LogP contribution in [0.1, 0.15) is 28.8 Å². The summed E-state index contributed by atoms with van der Waals surface area (Å²) in [5.74, 6) is -1.65. The molecule has 154 valence electrons. The van der Waals surface area contributed by atoms with Crippen LogP contribution in [0.5, 0.6) is 0 Å². The molecule has 9 heteroatoms. The Bertz CT molecular complexity index is 1000. The Morgan fingerprint density at radius 2 is 1.76 bits per heavy atom. The van der Waals surface area contributed by atoms with Crippen molar-refractivity contribution in [2.45, 2.75) is 18.6 Å². The molecule has 2 aromatic rings. The molecule has 0 bridgehead atoms. The van der Waals surface area contributed by atoms with E-state index in [2.05, 4.69) is 5.32 Å². The normalized spacial score (nSPS) is 15.8. The predicted molar refractivity (Wildman–Crippen MR) is 110 cm³/mol.